The first kappa shape index (κ1) is 16.7. The van der Waals surface area contributed by atoms with Crippen molar-refractivity contribution in [3.8, 4) is 0 Å². The molecule has 2 N–H and O–H groups in total. The first-order chi connectivity index (χ1) is 11.1. The Bertz CT molecular complexity index is 744. The van der Waals surface area contributed by atoms with Crippen molar-refractivity contribution in [2.75, 3.05) is 5.32 Å². The van der Waals surface area contributed by atoms with Gasteiger partial charge in [0.2, 0.25) is 0 Å². The molecule has 2 amide bonds. The SMILES string of the molecule is CCc1ccccc1NC(=O)C(=O)N/N=C/c1ccccc1Cl. The van der Waals surface area contributed by atoms with E-state index in [0.717, 1.165) is 12.0 Å². The van der Waals surface area contributed by atoms with Crippen molar-refractivity contribution in [2.24, 2.45) is 5.10 Å². The molecule has 0 aliphatic heterocycles. The number of nitrogens with zero attached hydrogens (tertiary/aromatic N) is 1. The summed E-state index contributed by atoms with van der Waals surface area (Å²) in [6, 6.07) is 14.3. The zero-order valence-corrected chi connectivity index (χ0v) is 13.3. The second-order valence-corrected chi connectivity index (χ2v) is 5.09. The third-order valence-corrected chi connectivity index (χ3v) is 3.47. The lowest BCUT2D eigenvalue weighted by molar-refractivity contribution is -0.136. The topological polar surface area (TPSA) is 70.6 Å². The monoisotopic (exact) mass is 329 g/mol. The van der Waals surface area contributed by atoms with Gasteiger partial charge in [-0.25, -0.2) is 5.43 Å². The van der Waals surface area contributed by atoms with Gasteiger partial charge in [0, 0.05) is 16.3 Å². The van der Waals surface area contributed by atoms with E-state index in [-0.39, 0.29) is 0 Å². The largest absolute Gasteiger partial charge is 0.329 e. The summed E-state index contributed by atoms with van der Waals surface area (Å²) in [5.74, 6) is -1.62. The maximum Gasteiger partial charge on any atom is 0.329 e. The number of halogens is 1. The highest BCUT2D eigenvalue weighted by Crippen LogP contribution is 2.15. The van der Waals surface area contributed by atoms with Crippen LogP contribution in [0.4, 0.5) is 5.69 Å². The first-order valence-electron chi connectivity index (χ1n) is 7.08. The summed E-state index contributed by atoms with van der Waals surface area (Å²) < 4.78 is 0. The molecular weight excluding hydrogens is 314 g/mol. The van der Waals surface area contributed by atoms with Gasteiger partial charge in [0.1, 0.15) is 0 Å². The Labute approximate surface area is 139 Å². The molecule has 118 valence electrons. The maximum absolute atomic E-state index is 11.9. The van der Waals surface area contributed by atoms with E-state index in [2.05, 4.69) is 15.8 Å². The van der Waals surface area contributed by atoms with Crippen LogP contribution in [0.1, 0.15) is 18.1 Å². The number of anilines is 1. The predicted molar refractivity (Wildman–Crippen MR) is 91.6 cm³/mol. The molecule has 0 saturated carbocycles. The lowest BCUT2D eigenvalue weighted by Gasteiger charge is -2.08. The highest BCUT2D eigenvalue weighted by atomic mass is 35.5. The second kappa shape index (κ2) is 8.10. The molecular formula is C17H16ClN3O2. The average molecular weight is 330 g/mol. The number of nitrogens with one attached hydrogen (secondary N) is 2. The zero-order chi connectivity index (χ0) is 16.7. The number of carbonyl (C=O) groups is 2. The van der Waals surface area contributed by atoms with Crippen molar-refractivity contribution in [2.45, 2.75) is 13.3 Å². The van der Waals surface area contributed by atoms with Crippen LogP contribution in [-0.2, 0) is 16.0 Å². The lowest BCUT2D eigenvalue weighted by atomic mass is 10.1. The minimum Gasteiger partial charge on any atom is -0.317 e. The summed E-state index contributed by atoms with van der Waals surface area (Å²) in [5.41, 5.74) is 4.39. The Morgan fingerprint density at radius 3 is 2.52 bits per heavy atom. The van der Waals surface area contributed by atoms with Crippen LogP contribution in [0.5, 0.6) is 0 Å². The van der Waals surface area contributed by atoms with Crippen molar-refractivity contribution in [3.63, 3.8) is 0 Å². The van der Waals surface area contributed by atoms with Crippen molar-refractivity contribution in [1.82, 2.24) is 5.43 Å². The highest BCUT2D eigenvalue weighted by Gasteiger charge is 2.14. The number of amides is 2. The molecule has 0 unspecified atom stereocenters. The molecule has 2 aromatic carbocycles. The molecule has 0 radical (unpaired) electrons. The van der Waals surface area contributed by atoms with Crippen molar-refractivity contribution in [1.29, 1.82) is 0 Å². The first-order valence-corrected chi connectivity index (χ1v) is 7.46. The van der Waals surface area contributed by atoms with Crippen LogP contribution in [0.15, 0.2) is 53.6 Å². The number of carbonyl (C=O) groups excluding carboxylic acids is 2. The molecule has 0 aromatic heterocycles. The average Bonchev–Trinajstić information content (AvgIpc) is 2.57. The van der Waals surface area contributed by atoms with Crippen LogP contribution >= 0.6 is 11.6 Å². The lowest BCUT2D eigenvalue weighted by Crippen LogP contribution is -2.32. The van der Waals surface area contributed by atoms with Gasteiger partial charge in [0.15, 0.2) is 0 Å². The highest BCUT2D eigenvalue weighted by molar-refractivity contribution is 6.39. The molecule has 0 aliphatic rings. The Morgan fingerprint density at radius 2 is 1.78 bits per heavy atom. The molecule has 0 atom stereocenters. The number of rotatable bonds is 4. The van der Waals surface area contributed by atoms with Gasteiger partial charge in [-0.1, -0.05) is 54.9 Å². The maximum atomic E-state index is 11.9. The normalized spacial score (nSPS) is 10.5. The molecule has 6 heteroatoms. The van der Waals surface area contributed by atoms with E-state index in [1.54, 1.807) is 36.4 Å². The Kier molecular flexibility index (Phi) is 5.88. The number of hydrogen-bond acceptors (Lipinski definition) is 3. The Balaban J connectivity index is 1.95. The molecule has 0 saturated heterocycles. The summed E-state index contributed by atoms with van der Waals surface area (Å²) in [7, 11) is 0. The van der Waals surface area contributed by atoms with Gasteiger partial charge in [0.25, 0.3) is 0 Å². The van der Waals surface area contributed by atoms with E-state index in [1.807, 2.05) is 19.1 Å². The van der Waals surface area contributed by atoms with Gasteiger partial charge >= 0.3 is 11.8 Å². The fourth-order valence-electron chi connectivity index (χ4n) is 1.92. The van der Waals surface area contributed by atoms with Crippen LogP contribution in [0.25, 0.3) is 0 Å². The molecule has 0 bridgehead atoms. The molecule has 23 heavy (non-hydrogen) atoms. The van der Waals surface area contributed by atoms with Gasteiger partial charge in [-0.15, -0.1) is 0 Å². The summed E-state index contributed by atoms with van der Waals surface area (Å²) in [4.78, 5) is 23.6. The Morgan fingerprint density at radius 1 is 1.09 bits per heavy atom. The number of aryl methyl sites for hydroxylation is 1. The summed E-state index contributed by atoms with van der Waals surface area (Å²) in [6.45, 7) is 1.97. The van der Waals surface area contributed by atoms with Crippen LogP contribution in [0.3, 0.4) is 0 Å². The van der Waals surface area contributed by atoms with Crippen LogP contribution in [0, 0.1) is 0 Å². The number of hydrogen-bond donors (Lipinski definition) is 2. The van der Waals surface area contributed by atoms with E-state index >= 15 is 0 Å². The van der Waals surface area contributed by atoms with E-state index < -0.39 is 11.8 Å². The fraction of sp³-hybridized carbons (Fsp3) is 0.118. The fourth-order valence-corrected chi connectivity index (χ4v) is 2.11. The standard InChI is InChI=1S/C17H16ClN3O2/c1-2-12-7-4-6-10-15(12)20-16(22)17(23)21-19-11-13-8-3-5-9-14(13)18/h3-11H,2H2,1H3,(H,20,22)(H,21,23)/b19-11+. The van der Waals surface area contributed by atoms with Crippen molar-refractivity contribution < 1.29 is 9.59 Å². The van der Waals surface area contributed by atoms with Crippen LogP contribution in [-0.4, -0.2) is 18.0 Å². The van der Waals surface area contributed by atoms with E-state index in [4.69, 9.17) is 11.6 Å². The Hall–Kier alpha value is -2.66. The molecule has 2 rings (SSSR count). The molecule has 0 heterocycles. The second-order valence-electron chi connectivity index (χ2n) is 4.69. The quantitative estimate of drug-likeness (QED) is 0.514. The van der Waals surface area contributed by atoms with Gasteiger partial charge in [-0.2, -0.15) is 5.10 Å². The van der Waals surface area contributed by atoms with E-state index in [9.17, 15) is 9.59 Å². The molecule has 5 nitrogen and oxygen atoms in total. The number of hydrazone groups is 1. The van der Waals surface area contributed by atoms with E-state index in [1.165, 1.54) is 6.21 Å². The number of para-hydroxylation sites is 1. The van der Waals surface area contributed by atoms with Crippen molar-refractivity contribution >= 4 is 35.3 Å². The predicted octanol–water partition coefficient (Wildman–Crippen LogP) is 2.99. The van der Waals surface area contributed by atoms with Crippen LogP contribution < -0.4 is 10.7 Å². The summed E-state index contributed by atoms with van der Waals surface area (Å²) in [5, 5.41) is 6.81. The summed E-state index contributed by atoms with van der Waals surface area (Å²) >= 11 is 5.96. The van der Waals surface area contributed by atoms with E-state index in [0.29, 0.717) is 16.3 Å². The third-order valence-electron chi connectivity index (χ3n) is 3.13. The van der Waals surface area contributed by atoms with Crippen molar-refractivity contribution in [3.05, 3.63) is 64.7 Å². The minimum atomic E-state index is -0.848. The molecule has 2 aromatic rings. The minimum absolute atomic E-state index is 0.506. The molecule has 0 spiro atoms. The van der Waals surface area contributed by atoms with Gasteiger partial charge in [-0.05, 0) is 24.1 Å². The van der Waals surface area contributed by atoms with Crippen LogP contribution in [0.2, 0.25) is 5.02 Å². The smallest absolute Gasteiger partial charge is 0.317 e. The molecule has 0 aliphatic carbocycles. The summed E-state index contributed by atoms with van der Waals surface area (Å²) in [6.07, 6.45) is 2.14. The molecule has 0 fully saturated rings. The van der Waals surface area contributed by atoms with Gasteiger partial charge < -0.3 is 5.32 Å². The zero-order valence-electron chi connectivity index (χ0n) is 12.5. The number of benzene rings is 2. The third kappa shape index (κ3) is 4.66. The van der Waals surface area contributed by atoms with Gasteiger partial charge in [0.05, 0.1) is 6.21 Å². The van der Waals surface area contributed by atoms with Gasteiger partial charge in [-0.3, -0.25) is 9.59 Å².